The Morgan fingerprint density at radius 3 is 1.27 bits per heavy atom. The summed E-state index contributed by atoms with van der Waals surface area (Å²) in [7, 11) is 0. The third-order valence-corrected chi connectivity index (χ3v) is 14.2. The van der Waals surface area contributed by atoms with Crippen molar-refractivity contribution in [1.29, 1.82) is 0 Å². The molecular formula is C67H54O8. The number of benzene rings is 10. The molecule has 11 rings (SSSR count). The van der Waals surface area contributed by atoms with Gasteiger partial charge in [0.1, 0.15) is 50.1 Å². The monoisotopic (exact) mass is 986 g/mol. The minimum absolute atomic E-state index is 0.0632. The van der Waals surface area contributed by atoms with Gasteiger partial charge < -0.3 is 29.2 Å². The topological polar surface area (TPSA) is 112 Å². The van der Waals surface area contributed by atoms with Gasteiger partial charge in [0.25, 0.3) is 0 Å². The van der Waals surface area contributed by atoms with Crippen LogP contribution in [0.2, 0.25) is 0 Å². The number of carbonyl (C=O) groups is 2. The van der Waals surface area contributed by atoms with Crippen molar-refractivity contribution in [3.63, 3.8) is 0 Å². The average Bonchev–Trinajstić information content (AvgIpc) is 3.76. The third-order valence-electron chi connectivity index (χ3n) is 14.2. The third kappa shape index (κ3) is 9.31. The van der Waals surface area contributed by atoms with E-state index in [1.54, 1.807) is 13.8 Å². The van der Waals surface area contributed by atoms with Gasteiger partial charge in [-0.3, -0.25) is 0 Å². The molecule has 1 aliphatic carbocycles. The smallest absolute Gasteiger partial charge is 0.333 e. The van der Waals surface area contributed by atoms with E-state index in [4.69, 9.17) is 18.9 Å². The van der Waals surface area contributed by atoms with Crippen LogP contribution in [0.5, 0.6) is 11.5 Å². The van der Waals surface area contributed by atoms with Crippen molar-refractivity contribution in [3.8, 4) is 44.9 Å². The van der Waals surface area contributed by atoms with Crippen molar-refractivity contribution in [2.24, 2.45) is 0 Å². The first-order valence-electron chi connectivity index (χ1n) is 25.1. The lowest BCUT2D eigenvalue weighted by Crippen LogP contribution is -2.28. The molecule has 0 heterocycles. The maximum absolute atomic E-state index is 12.0. The molecule has 0 fully saturated rings. The van der Waals surface area contributed by atoms with Crippen LogP contribution < -0.4 is 9.47 Å². The molecule has 10 aromatic carbocycles. The molecule has 2 N–H and O–H groups in total. The summed E-state index contributed by atoms with van der Waals surface area (Å²) in [5.41, 5.74) is 10.9. The molecular weight excluding hydrogens is 933 g/mol. The predicted molar refractivity (Wildman–Crippen MR) is 299 cm³/mol. The summed E-state index contributed by atoms with van der Waals surface area (Å²) in [5, 5.41) is 29.8. The summed E-state index contributed by atoms with van der Waals surface area (Å²) < 4.78 is 22.4. The highest BCUT2D eigenvalue weighted by molar-refractivity contribution is 6.01. The van der Waals surface area contributed by atoms with Crippen molar-refractivity contribution in [2.45, 2.75) is 31.5 Å². The van der Waals surface area contributed by atoms with Crippen molar-refractivity contribution in [2.75, 3.05) is 26.4 Å². The molecule has 1 aliphatic rings. The molecule has 370 valence electrons. The minimum atomic E-state index is -1.02. The Bertz CT molecular complexity index is 3640. The van der Waals surface area contributed by atoms with E-state index in [0.29, 0.717) is 11.5 Å². The van der Waals surface area contributed by atoms with E-state index in [-0.39, 0.29) is 37.6 Å². The van der Waals surface area contributed by atoms with E-state index in [0.717, 1.165) is 77.2 Å². The van der Waals surface area contributed by atoms with Crippen LogP contribution >= 0.6 is 0 Å². The molecule has 0 saturated heterocycles. The number of carbonyl (C=O) groups excluding carboxylic acids is 2. The lowest BCUT2D eigenvalue weighted by atomic mass is 9.66. The summed E-state index contributed by atoms with van der Waals surface area (Å²) in [6, 6.07) is 69.1. The lowest BCUT2D eigenvalue weighted by molar-refractivity contribution is -0.143. The molecule has 75 heavy (non-hydrogen) atoms. The molecule has 10 aromatic rings. The Hall–Kier alpha value is -8.82. The second kappa shape index (κ2) is 20.2. The molecule has 8 nitrogen and oxygen atoms in total. The zero-order valence-electron chi connectivity index (χ0n) is 41.7. The summed E-state index contributed by atoms with van der Waals surface area (Å²) in [6.07, 6.45) is -2.05. The Morgan fingerprint density at radius 1 is 0.427 bits per heavy atom. The SMILES string of the molecule is C=C(C)C(=O)OCC(O)COc1ccc2cc(C3(c4ccc5cc(OCC(O)COC(=O)C(=C)C)ccc5c4)c4cc(-c5cccc6ccccc56)ccc4-c4ccc(-c5cccc6ccccc56)cc43)ccc2c1. The van der Waals surface area contributed by atoms with E-state index in [1.807, 2.05) is 24.3 Å². The molecule has 0 bridgehead atoms. The average molecular weight is 987 g/mol. The van der Waals surface area contributed by atoms with Crippen LogP contribution in [0.4, 0.5) is 0 Å². The zero-order chi connectivity index (χ0) is 51.8. The van der Waals surface area contributed by atoms with Gasteiger partial charge in [-0.05, 0) is 161 Å². The second-order valence-corrected chi connectivity index (χ2v) is 19.5. The van der Waals surface area contributed by atoms with Crippen LogP contribution in [0.3, 0.4) is 0 Å². The maximum Gasteiger partial charge on any atom is 0.333 e. The summed E-state index contributed by atoms with van der Waals surface area (Å²) >= 11 is 0. The summed E-state index contributed by atoms with van der Waals surface area (Å²) in [5.74, 6) is 0.0245. The number of fused-ring (bicyclic) bond motifs is 7. The van der Waals surface area contributed by atoms with Gasteiger partial charge in [-0.25, -0.2) is 9.59 Å². The summed E-state index contributed by atoms with van der Waals surface area (Å²) in [4.78, 5) is 23.9. The molecule has 2 atom stereocenters. The molecule has 8 heteroatoms. The number of hydrogen-bond acceptors (Lipinski definition) is 8. The van der Waals surface area contributed by atoms with Gasteiger partial charge in [0, 0.05) is 11.1 Å². The van der Waals surface area contributed by atoms with Crippen LogP contribution in [0.15, 0.2) is 218 Å². The first kappa shape index (κ1) is 48.4. The fraction of sp³-hybridized carbons (Fsp3) is 0.134. The lowest BCUT2D eigenvalue weighted by Gasteiger charge is -2.35. The molecule has 0 saturated carbocycles. The quantitative estimate of drug-likeness (QED) is 0.0727. The van der Waals surface area contributed by atoms with Crippen molar-refractivity contribution in [3.05, 3.63) is 241 Å². The molecule has 0 aliphatic heterocycles. The number of ether oxygens (including phenoxy) is 4. The van der Waals surface area contributed by atoms with Crippen LogP contribution in [0.25, 0.3) is 76.5 Å². The molecule has 2 unspecified atom stereocenters. The van der Waals surface area contributed by atoms with Crippen LogP contribution in [-0.2, 0) is 24.5 Å². The van der Waals surface area contributed by atoms with Crippen LogP contribution in [0, 0.1) is 0 Å². The molecule has 0 amide bonds. The molecule has 0 aromatic heterocycles. The fourth-order valence-corrected chi connectivity index (χ4v) is 10.6. The van der Waals surface area contributed by atoms with Crippen molar-refractivity contribution < 1.29 is 38.7 Å². The van der Waals surface area contributed by atoms with E-state index in [1.165, 1.54) is 21.5 Å². The normalized spacial score (nSPS) is 13.2. The Labute approximate surface area is 435 Å². The van der Waals surface area contributed by atoms with Gasteiger partial charge in [-0.15, -0.1) is 0 Å². The molecule has 0 radical (unpaired) electrons. The number of esters is 2. The highest BCUT2D eigenvalue weighted by Crippen LogP contribution is 2.58. The van der Waals surface area contributed by atoms with Gasteiger partial charge in [0.15, 0.2) is 0 Å². The number of hydrogen-bond donors (Lipinski definition) is 2. The predicted octanol–water partition coefficient (Wildman–Crippen LogP) is 13.7. The van der Waals surface area contributed by atoms with Gasteiger partial charge in [-0.2, -0.15) is 0 Å². The maximum atomic E-state index is 12.0. The van der Waals surface area contributed by atoms with Crippen LogP contribution in [-0.4, -0.2) is 60.8 Å². The minimum Gasteiger partial charge on any atom is -0.491 e. The van der Waals surface area contributed by atoms with E-state index in [9.17, 15) is 19.8 Å². The van der Waals surface area contributed by atoms with Gasteiger partial charge in [0.05, 0.1) is 5.41 Å². The summed E-state index contributed by atoms with van der Waals surface area (Å²) in [6.45, 7) is 9.80. The second-order valence-electron chi connectivity index (χ2n) is 19.5. The molecule has 0 spiro atoms. The standard InChI is InChI=1S/C67H54O8/c1-41(2)65(70)74-39-53(68)37-72-55-27-21-45-31-51(25-19-47(45)33-55)67(52-26-20-48-34-56(28-22-46(48)32-52)73-38-54(69)40-75-66(71)42(3)4)63-35-49(59-17-9-13-43-11-5-7-15-57(43)59)23-29-61(63)62-30-24-50(36-64(62)67)60-18-10-14-44-12-6-8-16-58(44)60/h5-36,53-54,68-69H,1,3,37-40H2,2,4H3. The zero-order valence-corrected chi connectivity index (χ0v) is 41.7. The van der Waals surface area contributed by atoms with Gasteiger partial charge in [-0.1, -0.05) is 159 Å². The Balaban J connectivity index is 1.08. The van der Waals surface area contributed by atoms with E-state index < -0.39 is 29.6 Å². The van der Waals surface area contributed by atoms with Gasteiger partial charge in [0.2, 0.25) is 0 Å². The van der Waals surface area contributed by atoms with Crippen LogP contribution in [0.1, 0.15) is 36.1 Å². The first-order chi connectivity index (χ1) is 36.4. The first-order valence-corrected chi connectivity index (χ1v) is 25.1. The highest BCUT2D eigenvalue weighted by atomic mass is 16.6. The number of aliphatic hydroxyl groups is 2. The van der Waals surface area contributed by atoms with Crippen molar-refractivity contribution >= 4 is 55.0 Å². The Morgan fingerprint density at radius 2 is 0.827 bits per heavy atom. The Kier molecular flexibility index (Phi) is 13.1. The van der Waals surface area contributed by atoms with Crippen molar-refractivity contribution in [1.82, 2.24) is 0 Å². The van der Waals surface area contributed by atoms with E-state index in [2.05, 4.69) is 183 Å². The largest absolute Gasteiger partial charge is 0.491 e. The van der Waals surface area contributed by atoms with E-state index >= 15 is 0 Å². The highest BCUT2D eigenvalue weighted by Gasteiger charge is 2.47. The fourth-order valence-electron chi connectivity index (χ4n) is 10.6. The van der Waals surface area contributed by atoms with Gasteiger partial charge >= 0.3 is 11.9 Å². The number of rotatable bonds is 16. The number of aliphatic hydroxyl groups excluding tert-OH is 2.